The van der Waals surface area contributed by atoms with Gasteiger partial charge < -0.3 is 46.6 Å². The van der Waals surface area contributed by atoms with Crippen LogP contribution in [0.3, 0.4) is 0 Å². The van der Waals surface area contributed by atoms with Crippen LogP contribution in [0.2, 0.25) is 0 Å². The molecule has 0 aliphatic heterocycles. The number of hydrogen-bond acceptors (Lipinski definition) is 12. The fraction of sp³-hybridized carbons (Fsp3) is 0.694. The molecule has 0 rings (SSSR count). The number of aliphatic hydroxyl groups excluding tert-OH is 1. The van der Waals surface area contributed by atoms with Crippen molar-refractivity contribution in [3.8, 4) is 0 Å². The van der Waals surface area contributed by atoms with E-state index in [2.05, 4.69) is 16.0 Å². The van der Waals surface area contributed by atoms with Gasteiger partial charge in [0.25, 0.3) is 0 Å². The zero-order chi connectivity index (χ0) is 43.1. The van der Waals surface area contributed by atoms with Crippen molar-refractivity contribution >= 4 is 64.9 Å². The molecule has 0 radical (unpaired) electrons. The minimum atomic E-state index is -1.58. The number of Topliss-reactive ketones (excluding diaryl/α,β-unsaturated/α-hetero) is 3. The summed E-state index contributed by atoms with van der Waals surface area (Å²) >= 11 is 0. The van der Waals surface area contributed by atoms with Crippen LogP contribution in [0.15, 0.2) is 0 Å². The Labute approximate surface area is 326 Å². The van der Waals surface area contributed by atoms with Crippen molar-refractivity contribution < 1.29 is 86.2 Å². The zero-order valence-corrected chi connectivity index (χ0v) is 31.8. The molecule has 0 saturated carbocycles. The van der Waals surface area contributed by atoms with E-state index in [1.165, 1.54) is 6.92 Å². The molecule has 0 fully saturated rings. The van der Waals surface area contributed by atoms with Crippen LogP contribution >= 0.6 is 0 Å². The number of rotatable bonds is 32. The van der Waals surface area contributed by atoms with Gasteiger partial charge in [0.1, 0.15) is 29.4 Å². The maximum Gasteiger partial charge on any atom is 0.326 e. The molecule has 20 heteroatoms. The first-order chi connectivity index (χ1) is 26.0. The number of carboxylic acid groups (broad SMARTS) is 5. The third-order valence-corrected chi connectivity index (χ3v) is 9.08. The van der Waals surface area contributed by atoms with Crippen LogP contribution in [0.25, 0.3) is 0 Å². The number of ketones is 3. The number of carboxylic acids is 5. The number of hydrogen-bond donors (Lipinski definition) is 9. The quantitative estimate of drug-likeness (QED) is 0.0429. The Balaban J connectivity index is -0.0000151. The van der Waals surface area contributed by atoms with Crippen molar-refractivity contribution in [2.75, 3.05) is 6.54 Å². The van der Waals surface area contributed by atoms with Crippen LogP contribution in [-0.2, 0) is 52.7 Å². The number of carbonyl (C=O) groups is 11. The first-order valence-corrected chi connectivity index (χ1v) is 18.3. The molecule has 0 bridgehead atoms. The summed E-state index contributed by atoms with van der Waals surface area (Å²) in [5.74, 6) is -14.8. The van der Waals surface area contributed by atoms with Gasteiger partial charge in [0.2, 0.25) is 17.7 Å². The van der Waals surface area contributed by atoms with Crippen molar-refractivity contribution in [3.63, 3.8) is 0 Å². The number of carbonyl (C=O) groups excluding carboxylic acids is 6. The Hall–Kier alpha value is -5.27. The van der Waals surface area contributed by atoms with Gasteiger partial charge in [-0.15, -0.1) is 0 Å². The molecule has 0 aromatic heterocycles. The highest BCUT2D eigenvalue weighted by atomic mass is 16.4. The van der Waals surface area contributed by atoms with Crippen molar-refractivity contribution in [3.05, 3.63) is 0 Å². The van der Waals surface area contributed by atoms with Gasteiger partial charge in [-0.1, -0.05) is 13.3 Å². The minimum absolute atomic E-state index is 0. The van der Waals surface area contributed by atoms with Crippen LogP contribution in [-0.4, -0.2) is 120 Å². The predicted molar refractivity (Wildman–Crippen MR) is 196 cm³/mol. The minimum Gasteiger partial charge on any atom is -0.481 e. The smallest absolute Gasteiger partial charge is 0.326 e. The molecule has 56 heavy (non-hydrogen) atoms. The molecule has 3 amide bonds. The normalized spacial score (nSPS) is 14.7. The molecular formula is C36H59N3O17. The molecular weight excluding hydrogens is 746 g/mol. The van der Waals surface area contributed by atoms with Gasteiger partial charge in [0.05, 0.1) is 23.9 Å². The maximum absolute atomic E-state index is 12.6. The Bertz CT molecular complexity index is 1440. The monoisotopic (exact) mass is 805 g/mol. The zero-order valence-electron chi connectivity index (χ0n) is 31.8. The van der Waals surface area contributed by atoms with E-state index >= 15 is 0 Å². The van der Waals surface area contributed by atoms with Gasteiger partial charge in [-0.3, -0.25) is 43.2 Å². The van der Waals surface area contributed by atoms with E-state index < -0.39 is 133 Å². The van der Waals surface area contributed by atoms with Crippen LogP contribution in [0.5, 0.6) is 0 Å². The number of unbranched alkanes of at least 4 members (excludes halogenated alkanes) is 1. The highest BCUT2D eigenvalue weighted by Crippen LogP contribution is 2.19. The van der Waals surface area contributed by atoms with E-state index in [4.69, 9.17) is 10.2 Å². The third-order valence-electron chi connectivity index (χ3n) is 9.08. The van der Waals surface area contributed by atoms with Crippen molar-refractivity contribution in [1.82, 2.24) is 16.0 Å². The highest BCUT2D eigenvalue weighted by molar-refractivity contribution is 5.88. The number of amides is 3. The highest BCUT2D eigenvalue weighted by Gasteiger charge is 2.29. The summed E-state index contributed by atoms with van der Waals surface area (Å²) in [4.78, 5) is 131. The van der Waals surface area contributed by atoms with Crippen molar-refractivity contribution in [1.29, 1.82) is 0 Å². The van der Waals surface area contributed by atoms with E-state index in [0.717, 1.165) is 6.92 Å². The first-order valence-electron chi connectivity index (χ1n) is 18.3. The van der Waals surface area contributed by atoms with Crippen LogP contribution in [0.4, 0.5) is 0 Å². The molecule has 0 aliphatic carbocycles. The summed E-state index contributed by atoms with van der Waals surface area (Å²) in [7, 11) is 0. The Morgan fingerprint density at radius 2 is 1.00 bits per heavy atom. The molecule has 0 unspecified atom stereocenters. The SMILES string of the molecule is CC(=O)N[C@@H](CCC(=O)C[C@@H](CCC(=O)N[C@@H](CCC(=O)C[C@@H](CCC(=O)NCCCC[C@H](C)C(=O)C[C@H](C(=O)O)[C@@H](C)O)C(=O)O)C(=O)O)C(=O)O)C(=O)O.[HH].[HH]. The van der Waals surface area contributed by atoms with Crippen LogP contribution in [0.1, 0.15) is 114 Å². The van der Waals surface area contributed by atoms with Gasteiger partial charge in [-0.2, -0.15) is 0 Å². The molecule has 0 aromatic carbocycles. The van der Waals surface area contributed by atoms with Crippen molar-refractivity contribution in [2.24, 2.45) is 23.7 Å². The van der Waals surface area contributed by atoms with E-state index in [1.807, 2.05) is 0 Å². The topological polar surface area (TPSA) is 345 Å². The molecule has 0 saturated heterocycles. The molecule has 7 atom stereocenters. The van der Waals surface area contributed by atoms with E-state index in [0.29, 0.717) is 19.3 Å². The van der Waals surface area contributed by atoms with E-state index in [-0.39, 0.29) is 53.7 Å². The number of aliphatic carboxylic acids is 5. The molecule has 20 nitrogen and oxygen atoms in total. The average Bonchev–Trinajstić information content (AvgIpc) is 3.09. The number of nitrogens with one attached hydrogen (secondary N) is 3. The predicted octanol–water partition coefficient (Wildman–Crippen LogP) is 1.04. The van der Waals surface area contributed by atoms with Crippen LogP contribution in [0, 0.1) is 23.7 Å². The number of aliphatic hydroxyl groups is 1. The molecule has 320 valence electrons. The lowest BCUT2D eigenvalue weighted by molar-refractivity contribution is -0.148. The van der Waals surface area contributed by atoms with E-state index in [9.17, 15) is 73.2 Å². The largest absolute Gasteiger partial charge is 0.481 e. The lowest BCUT2D eigenvalue weighted by Crippen LogP contribution is -2.41. The van der Waals surface area contributed by atoms with Gasteiger partial charge in [-0.25, -0.2) is 9.59 Å². The lowest BCUT2D eigenvalue weighted by Gasteiger charge is -2.17. The van der Waals surface area contributed by atoms with Crippen LogP contribution < -0.4 is 16.0 Å². The average molecular weight is 806 g/mol. The standard InChI is InChI=1S/C36H55N3O17.2H2/c1-19(29(44)18-26(20(2)40)34(51)52)6-4-5-15-37-30(45)13-7-22(32(47)48)16-25(43)10-12-28(36(55)56)39-31(46)14-8-23(33(49)50)17-24(42)9-11-27(35(53)54)38-21(3)41;;/h19-20,22-23,26-28,40H,4-18H2,1-3H3,(H,37,45)(H,38,41)(H,39,46)(H,47,48)(H,49,50)(H,51,52)(H,53,54)(H,55,56);2*1H/t19-,20+,22+,23+,26-,27-,28-;;/m0../s1. The summed E-state index contributed by atoms with van der Waals surface area (Å²) in [5.41, 5.74) is 0. The van der Waals surface area contributed by atoms with Crippen molar-refractivity contribution in [2.45, 2.75) is 129 Å². The molecule has 0 heterocycles. The van der Waals surface area contributed by atoms with E-state index in [1.54, 1.807) is 6.92 Å². The second-order valence-electron chi connectivity index (χ2n) is 13.9. The summed E-state index contributed by atoms with van der Waals surface area (Å²) in [6.07, 6.45) is -3.95. The second-order valence-corrected chi connectivity index (χ2v) is 13.9. The third kappa shape index (κ3) is 22.2. The Morgan fingerprint density at radius 3 is 1.41 bits per heavy atom. The Morgan fingerprint density at radius 1 is 0.536 bits per heavy atom. The summed E-state index contributed by atoms with van der Waals surface area (Å²) in [6, 6.07) is -2.94. The molecule has 9 N–H and O–H groups in total. The first kappa shape index (κ1) is 50.7. The van der Waals surface area contributed by atoms with Gasteiger partial charge in [-0.05, 0) is 45.4 Å². The summed E-state index contributed by atoms with van der Waals surface area (Å²) in [6.45, 7) is 4.25. The molecule has 0 aromatic rings. The second kappa shape index (κ2) is 26.5. The maximum atomic E-state index is 12.6. The summed E-state index contributed by atoms with van der Waals surface area (Å²) in [5, 5.41) is 63.4. The van der Waals surface area contributed by atoms with Gasteiger partial charge >= 0.3 is 29.8 Å². The molecule has 0 spiro atoms. The fourth-order valence-corrected chi connectivity index (χ4v) is 5.56. The van der Waals surface area contributed by atoms with Gasteiger partial charge in [0, 0.05) is 67.2 Å². The van der Waals surface area contributed by atoms with Gasteiger partial charge in [0.15, 0.2) is 0 Å². The lowest BCUT2D eigenvalue weighted by atomic mass is 9.89. The fourth-order valence-electron chi connectivity index (χ4n) is 5.56. The Kier molecular flexibility index (Phi) is 24.0. The summed E-state index contributed by atoms with van der Waals surface area (Å²) < 4.78 is 0. The molecule has 0 aliphatic rings.